The zero-order valence-corrected chi connectivity index (χ0v) is 12.4. The van der Waals surface area contributed by atoms with E-state index in [2.05, 4.69) is 9.97 Å². The quantitative estimate of drug-likeness (QED) is 0.864. The number of imidazole rings is 1. The molecule has 0 atom stereocenters. The second kappa shape index (κ2) is 5.66. The number of H-pyrrole nitrogens is 1. The Morgan fingerprint density at radius 2 is 2.14 bits per heavy atom. The lowest BCUT2D eigenvalue weighted by Crippen LogP contribution is -2.28. The maximum absolute atomic E-state index is 12.5. The Labute approximate surface area is 122 Å². The highest BCUT2D eigenvalue weighted by molar-refractivity contribution is 7.89. The molecule has 21 heavy (non-hydrogen) atoms. The minimum Gasteiger partial charge on any atom is -0.478 e. The van der Waals surface area contributed by atoms with Crippen LogP contribution in [0, 0.1) is 6.92 Å². The third kappa shape index (κ3) is 2.96. The Morgan fingerprint density at radius 3 is 2.71 bits per heavy atom. The predicted molar refractivity (Wildman–Crippen MR) is 75.4 cm³/mol. The molecule has 112 valence electrons. The first kappa shape index (κ1) is 15.2. The van der Waals surface area contributed by atoms with E-state index in [0.29, 0.717) is 5.82 Å². The summed E-state index contributed by atoms with van der Waals surface area (Å²) in [5, 5.41) is 9.08. The Bertz CT molecular complexity index is 754. The monoisotopic (exact) mass is 309 g/mol. The molecule has 1 heterocycles. The number of hydrogen-bond acceptors (Lipinski definition) is 4. The number of hydrogen-bond donors (Lipinski definition) is 2. The molecule has 0 aliphatic carbocycles. The Balaban J connectivity index is 2.40. The van der Waals surface area contributed by atoms with Gasteiger partial charge in [-0.2, -0.15) is 4.31 Å². The van der Waals surface area contributed by atoms with Crippen molar-refractivity contribution in [3.63, 3.8) is 0 Å². The van der Waals surface area contributed by atoms with Gasteiger partial charge >= 0.3 is 5.97 Å². The van der Waals surface area contributed by atoms with Gasteiger partial charge in [0.25, 0.3) is 0 Å². The fourth-order valence-corrected chi connectivity index (χ4v) is 3.35. The molecule has 2 N–H and O–H groups in total. The molecular formula is C13H15N3O4S. The van der Waals surface area contributed by atoms with Crippen molar-refractivity contribution in [2.24, 2.45) is 0 Å². The van der Waals surface area contributed by atoms with Crippen LogP contribution in [0.15, 0.2) is 35.5 Å². The second-order valence-corrected chi connectivity index (χ2v) is 6.54. The van der Waals surface area contributed by atoms with Gasteiger partial charge in [0.15, 0.2) is 0 Å². The van der Waals surface area contributed by atoms with Gasteiger partial charge < -0.3 is 10.1 Å². The highest BCUT2D eigenvalue weighted by atomic mass is 32.2. The molecule has 0 radical (unpaired) electrons. The summed E-state index contributed by atoms with van der Waals surface area (Å²) in [5.41, 5.74) is 0.193. The van der Waals surface area contributed by atoms with Crippen LogP contribution in [0.4, 0.5) is 0 Å². The number of aromatic nitrogens is 2. The van der Waals surface area contributed by atoms with E-state index in [0.717, 1.165) is 4.31 Å². The van der Waals surface area contributed by atoms with E-state index < -0.39 is 16.0 Å². The van der Waals surface area contributed by atoms with Gasteiger partial charge in [0.05, 0.1) is 17.0 Å². The third-order valence-electron chi connectivity index (χ3n) is 3.13. The molecule has 1 aromatic heterocycles. The Kier molecular flexibility index (Phi) is 4.10. The Hall–Kier alpha value is -2.19. The maximum atomic E-state index is 12.5. The van der Waals surface area contributed by atoms with Crippen molar-refractivity contribution in [3.8, 4) is 0 Å². The van der Waals surface area contributed by atoms with Crippen LogP contribution in [-0.4, -0.2) is 40.8 Å². The third-order valence-corrected chi connectivity index (χ3v) is 5.08. The van der Waals surface area contributed by atoms with Gasteiger partial charge in [-0.05, 0) is 24.6 Å². The molecule has 0 aliphatic rings. The topological polar surface area (TPSA) is 103 Å². The van der Waals surface area contributed by atoms with Crippen LogP contribution in [0.3, 0.4) is 0 Å². The van der Waals surface area contributed by atoms with Gasteiger partial charge in [-0.15, -0.1) is 0 Å². The highest BCUT2D eigenvalue weighted by Crippen LogP contribution is 2.22. The van der Waals surface area contributed by atoms with Gasteiger partial charge in [0.1, 0.15) is 5.82 Å². The average Bonchev–Trinajstić information content (AvgIpc) is 2.91. The number of rotatable bonds is 5. The van der Waals surface area contributed by atoms with E-state index in [1.165, 1.54) is 38.4 Å². The van der Waals surface area contributed by atoms with Crippen molar-refractivity contribution < 1.29 is 18.3 Å². The van der Waals surface area contributed by atoms with Gasteiger partial charge in [-0.3, -0.25) is 0 Å². The summed E-state index contributed by atoms with van der Waals surface area (Å²) in [6.45, 7) is 1.56. The van der Waals surface area contributed by atoms with Crippen LogP contribution in [0.25, 0.3) is 0 Å². The number of nitrogens with zero attached hydrogens (tertiary/aromatic N) is 2. The van der Waals surface area contributed by atoms with E-state index in [4.69, 9.17) is 5.11 Å². The summed E-state index contributed by atoms with van der Waals surface area (Å²) in [6, 6.07) is 4.20. The van der Waals surface area contributed by atoms with Gasteiger partial charge in [-0.1, -0.05) is 6.07 Å². The van der Waals surface area contributed by atoms with Crippen molar-refractivity contribution in [1.29, 1.82) is 0 Å². The summed E-state index contributed by atoms with van der Waals surface area (Å²) >= 11 is 0. The standard InChI is InChI=1S/C13H15N3O4S/c1-9-10(13(17)18)4-3-5-11(9)21(19,20)16(2)8-12-14-6-7-15-12/h3-7H,8H2,1-2H3,(H,14,15)(H,17,18). The van der Waals surface area contributed by atoms with Crippen LogP contribution < -0.4 is 0 Å². The highest BCUT2D eigenvalue weighted by Gasteiger charge is 2.25. The number of carboxylic acid groups (broad SMARTS) is 1. The van der Waals surface area contributed by atoms with E-state index in [-0.39, 0.29) is 22.6 Å². The number of carbonyl (C=O) groups is 1. The van der Waals surface area contributed by atoms with Crippen molar-refractivity contribution in [2.75, 3.05) is 7.05 Å². The summed E-state index contributed by atoms with van der Waals surface area (Å²) in [4.78, 5) is 17.9. The van der Waals surface area contributed by atoms with Crippen molar-refractivity contribution in [2.45, 2.75) is 18.4 Å². The number of aromatic carboxylic acids is 1. The fraction of sp³-hybridized carbons (Fsp3) is 0.231. The summed E-state index contributed by atoms with van der Waals surface area (Å²) in [5.74, 6) is -0.647. The molecule has 1 aromatic carbocycles. The van der Waals surface area contributed by atoms with Gasteiger partial charge in [0.2, 0.25) is 10.0 Å². The first-order valence-electron chi connectivity index (χ1n) is 6.11. The van der Waals surface area contributed by atoms with Crippen LogP contribution in [-0.2, 0) is 16.6 Å². The molecule has 0 unspecified atom stereocenters. The van der Waals surface area contributed by atoms with Crippen LogP contribution in [0.5, 0.6) is 0 Å². The minimum atomic E-state index is -3.79. The SMILES string of the molecule is Cc1c(C(=O)O)cccc1S(=O)(=O)N(C)Cc1ncc[nH]1. The zero-order chi connectivity index (χ0) is 15.6. The number of nitrogens with one attached hydrogen (secondary N) is 1. The van der Waals surface area contributed by atoms with Gasteiger partial charge in [-0.25, -0.2) is 18.2 Å². The second-order valence-electron chi connectivity index (χ2n) is 4.53. The number of carboxylic acids is 1. The Morgan fingerprint density at radius 1 is 1.43 bits per heavy atom. The van der Waals surface area contributed by atoms with E-state index in [1.54, 1.807) is 6.20 Å². The maximum Gasteiger partial charge on any atom is 0.335 e. The molecule has 0 amide bonds. The first-order valence-corrected chi connectivity index (χ1v) is 7.55. The zero-order valence-electron chi connectivity index (χ0n) is 11.6. The van der Waals surface area contributed by atoms with Crippen LogP contribution in [0.1, 0.15) is 21.7 Å². The lowest BCUT2D eigenvalue weighted by molar-refractivity contribution is 0.0696. The summed E-state index contributed by atoms with van der Waals surface area (Å²) < 4.78 is 26.2. The molecule has 0 saturated heterocycles. The molecule has 2 aromatic rings. The van der Waals surface area contributed by atoms with Crippen molar-refractivity contribution >= 4 is 16.0 Å². The lowest BCUT2D eigenvalue weighted by atomic mass is 10.1. The molecule has 0 fully saturated rings. The average molecular weight is 309 g/mol. The van der Waals surface area contributed by atoms with Crippen molar-refractivity contribution in [3.05, 3.63) is 47.5 Å². The molecule has 0 aliphatic heterocycles. The number of aromatic amines is 1. The molecule has 8 heteroatoms. The van der Waals surface area contributed by atoms with Crippen LogP contribution >= 0.6 is 0 Å². The normalized spacial score (nSPS) is 11.8. The number of benzene rings is 1. The van der Waals surface area contributed by atoms with Gasteiger partial charge in [0, 0.05) is 19.4 Å². The lowest BCUT2D eigenvalue weighted by Gasteiger charge is -2.18. The van der Waals surface area contributed by atoms with Crippen LogP contribution in [0.2, 0.25) is 0 Å². The largest absolute Gasteiger partial charge is 0.478 e. The molecular weight excluding hydrogens is 294 g/mol. The first-order chi connectivity index (χ1) is 9.84. The van der Waals surface area contributed by atoms with E-state index in [1.807, 2.05) is 0 Å². The predicted octanol–water partition coefficient (Wildman–Crippen LogP) is 1.24. The fourth-order valence-electron chi connectivity index (χ4n) is 1.97. The minimum absolute atomic E-state index is 0.0172. The molecule has 7 nitrogen and oxygen atoms in total. The number of sulfonamides is 1. The molecule has 0 bridgehead atoms. The smallest absolute Gasteiger partial charge is 0.335 e. The molecule has 2 rings (SSSR count). The van der Waals surface area contributed by atoms with E-state index >= 15 is 0 Å². The summed E-state index contributed by atoms with van der Waals surface area (Å²) in [7, 11) is -2.37. The van der Waals surface area contributed by atoms with E-state index in [9.17, 15) is 13.2 Å². The summed E-state index contributed by atoms with van der Waals surface area (Å²) in [6.07, 6.45) is 3.14. The molecule has 0 saturated carbocycles. The van der Waals surface area contributed by atoms with Crippen molar-refractivity contribution in [1.82, 2.24) is 14.3 Å². The molecule has 0 spiro atoms.